The van der Waals surface area contributed by atoms with E-state index in [0.29, 0.717) is 18.9 Å². The number of nitrogens with one attached hydrogen (secondary N) is 1. The zero-order valence-corrected chi connectivity index (χ0v) is 9.92. The molecule has 1 aliphatic carbocycles. The van der Waals surface area contributed by atoms with E-state index in [1.54, 1.807) is 7.11 Å². The highest BCUT2D eigenvalue weighted by molar-refractivity contribution is 5.76. The van der Waals surface area contributed by atoms with Crippen molar-refractivity contribution >= 4 is 5.91 Å². The molecule has 1 N–H and O–H groups in total. The van der Waals surface area contributed by atoms with Crippen LogP contribution in [0, 0.1) is 5.92 Å². The van der Waals surface area contributed by atoms with Crippen molar-refractivity contribution in [2.45, 2.75) is 51.5 Å². The molecule has 0 aliphatic heterocycles. The number of hydrogen-bond acceptors (Lipinski definition) is 2. The van der Waals surface area contributed by atoms with Gasteiger partial charge in [0.15, 0.2) is 0 Å². The maximum absolute atomic E-state index is 11.6. The average Bonchev–Trinajstić information content (AvgIpc) is 2.19. The molecule has 1 amide bonds. The zero-order chi connectivity index (χ0) is 11.1. The fraction of sp³-hybridized carbons (Fsp3) is 0.917. The first-order chi connectivity index (χ1) is 7.22. The van der Waals surface area contributed by atoms with Gasteiger partial charge in [-0.25, -0.2) is 0 Å². The summed E-state index contributed by atoms with van der Waals surface area (Å²) < 4.78 is 4.98. The molecule has 0 heterocycles. The summed E-state index contributed by atoms with van der Waals surface area (Å²) in [5.41, 5.74) is 0. The highest BCUT2D eigenvalue weighted by Crippen LogP contribution is 2.25. The van der Waals surface area contributed by atoms with E-state index in [9.17, 15) is 4.79 Å². The van der Waals surface area contributed by atoms with Crippen LogP contribution in [0.15, 0.2) is 0 Å². The maximum Gasteiger partial charge on any atom is 0.220 e. The third kappa shape index (κ3) is 5.17. The van der Waals surface area contributed by atoms with Crippen LogP contribution in [0.5, 0.6) is 0 Å². The number of rotatable bonds is 5. The predicted molar refractivity (Wildman–Crippen MR) is 60.7 cm³/mol. The Morgan fingerprint density at radius 1 is 1.40 bits per heavy atom. The number of ether oxygens (including phenoxy) is 1. The number of carbonyl (C=O) groups excluding carboxylic acids is 1. The molecule has 1 atom stereocenters. The number of methoxy groups -OCH3 is 1. The van der Waals surface area contributed by atoms with Crippen LogP contribution in [0.4, 0.5) is 0 Å². The second-order valence-corrected chi connectivity index (χ2v) is 4.63. The molecule has 15 heavy (non-hydrogen) atoms. The minimum absolute atomic E-state index is 0.131. The third-order valence-electron chi connectivity index (χ3n) is 3.02. The first kappa shape index (κ1) is 12.5. The van der Waals surface area contributed by atoms with Crippen LogP contribution < -0.4 is 5.32 Å². The molecule has 3 nitrogen and oxygen atoms in total. The van der Waals surface area contributed by atoms with Gasteiger partial charge in [0.25, 0.3) is 0 Å². The molecule has 0 aromatic heterocycles. The summed E-state index contributed by atoms with van der Waals surface area (Å²) in [6.07, 6.45) is 7.10. The molecule has 1 fully saturated rings. The van der Waals surface area contributed by atoms with E-state index < -0.39 is 0 Å². The van der Waals surface area contributed by atoms with Crippen LogP contribution in [-0.4, -0.2) is 25.7 Å². The summed E-state index contributed by atoms with van der Waals surface area (Å²) >= 11 is 0. The lowest BCUT2D eigenvalue weighted by molar-refractivity contribution is -0.123. The van der Waals surface area contributed by atoms with Crippen molar-refractivity contribution in [2.24, 2.45) is 5.92 Å². The predicted octanol–water partition coefficient (Wildman–Crippen LogP) is 2.11. The fourth-order valence-corrected chi connectivity index (χ4v) is 2.28. The van der Waals surface area contributed by atoms with Crippen molar-refractivity contribution in [1.29, 1.82) is 0 Å². The molecule has 1 aliphatic rings. The van der Waals surface area contributed by atoms with Gasteiger partial charge >= 0.3 is 0 Å². The summed E-state index contributed by atoms with van der Waals surface area (Å²) in [5, 5.41) is 2.96. The second-order valence-electron chi connectivity index (χ2n) is 4.63. The molecule has 3 heteroatoms. The first-order valence-corrected chi connectivity index (χ1v) is 6.00. The smallest absolute Gasteiger partial charge is 0.220 e. The number of carbonyl (C=O) groups is 1. The Bertz CT molecular complexity index is 188. The van der Waals surface area contributed by atoms with E-state index in [1.165, 1.54) is 32.1 Å². The number of hydrogen-bond donors (Lipinski definition) is 1. The molecule has 1 rings (SSSR count). The van der Waals surface area contributed by atoms with E-state index in [1.807, 2.05) is 6.92 Å². The van der Waals surface area contributed by atoms with Crippen LogP contribution in [0.25, 0.3) is 0 Å². The van der Waals surface area contributed by atoms with Crippen molar-refractivity contribution in [3.8, 4) is 0 Å². The summed E-state index contributed by atoms with van der Waals surface area (Å²) in [5.74, 6) is 0.806. The second kappa shape index (κ2) is 6.83. The van der Waals surface area contributed by atoms with Crippen molar-refractivity contribution in [1.82, 2.24) is 5.32 Å². The van der Waals surface area contributed by atoms with Gasteiger partial charge in [-0.05, 0) is 25.7 Å². The maximum atomic E-state index is 11.6. The van der Waals surface area contributed by atoms with Crippen LogP contribution in [-0.2, 0) is 9.53 Å². The van der Waals surface area contributed by atoms with Gasteiger partial charge in [-0.3, -0.25) is 4.79 Å². The van der Waals surface area contributed by atoms with Gasteiger partial charge in [-0.15, -0.1) is 0 Å². The Morgan fingerprint density at radius 3 is 2.67 bits per heavy atom. The average molecular weight is 213 g/mol. The van der Waals surface area contributed by atoms with Crippen molar-refractivity contribution in [3.63, 3.8) is 0 Å². The minimum Gasteiger partial charge on any atom is -0.383 e. The fourth-order valence-electron chi connectivity index (χ4n) is 2.28. The topological polar surface area (TPSA) is 38.3 Å². The molecule has 0 bridgehead atoms. The van der Waals surface area contributed by atoms with Crippen molar-refractivity contribution in [3.05, 3.63) is 0 Å². The lowest BCUT2D eigenvalue weighted by Crippen LogP contribution is -2.36. The SMILES string of the molecule is COCC(C)NC(=O)CC1CCCCC1. The Balaban J connectivity index is 2.16. The van der Waals surface area contributed by atoms with Crippen LogP contribution in [0.2, 0.25) is 0 Å². The van der Waals surface area contributed by atoms with Gasteiger partial charge in [0.05, 0.1) is 6.61 Å². The summed E-state index contributed by atoms with van der Waals surface area (Å²) in [6, 6.07) is 0.131. The Labute approximate surface area is 92.6 Å². The molecule has 0 aromatic rings. The van der Waals surface area contributed by atoms with Gasteiger partial charge < -0.3 is 10.1 Å². The molecule has 1 unspecified atom stereocenters. The van der Waals surface area contributed by atoms with E-state index in [2.05, 4.69) is 5.32 Å². The van der Waals surface area contributed by atoms with Crippen LogP contribution in [0.3, 0.4) is 0 Å². The Morgan fingerprint density at radius 2 is 2.07 bits per heavy atom. The first-order valence-electron chi connectivity index (χ1n) is 6.00. The monoisotopic (exact) mass is 213 g/mol. The molecule has 0 spiro atoms. The summed E-state index contributed by atoms with van der Waals surface area (Å²) in [7, 11) is 1.66. The van der Waals surface area contributed by atoms with Gasteiger partial charge in [0, 0.05) is 19.6 Å². The Hall–Kier alpha value is -0.570. The largest absolute Gasteiger partial charge is 0.383 e. The molecule has 1 saturated carbocycles. The highest BCUT2D eigenvalue weighted by Gasteiger charge is 2.17. The molecule has 88 valence electrons. The van der Waals surface area contributed by atoms with Crippen molar-refractivity contribution < 1.29 is 9.53 Å². The molecule has 0 aromatic carbocycles. The van der Waals surface area contributed by atoms with Gasteiger partial charge in [0.1, 0.15) is 0 Å². The standard InChI is InChI=1S/C12H23NO2/c1-10(9-15-2)13-12(14)8-11-6-4-3-5-7-11/h10-11H,3-9H2,1-2H3,(H,13,14). The highest BCUT2D eigenvalue weighted by atomic mass is 16.5. The minimum atomic E-state index is 0.131. The van der Waals surface area contributed by atoms with E-state index >= 15 is 0 Å². The summed E-state index contributed by atoms with van der Waals surface area (Å²) in [6.45, 7) is 2.57. The van der Waals surface area contributed by atoms with E-state index in [0.717, 1.165) is 0 Å². The third-order valence-corrected chi connectivity index (χ3v) is 3.02. The number of amides is 1. The van der Waals surface area contributed by atoms with Crippen LogP contribution in [0.1, 0.15) is 45.4 Å². The lowest BCUT2D eigenvalue weighted by atomic mass is 9.87. The summed E-state index contributed by atoms with van der Waals surface area (Å²) in [4.78, 5) is 11.6. The van der Waals surface area contributed by atoms with E-state index in [4.69, 9.17) is 4.74 Å². The van der Waals surface area contributed by atoms with Gasteiger partial charge in [0.2, 0.25) is 5.91 Å². The normalized spacial score (nSPS) is 19.9. The molecular formula is C12H23NO2. The van der Waals surface area contributed by atoms with Gasteiger partial charge in [-0.1, -0.05) is 19.3 Å². The van der Waals surface area contributed by atoms with Crippen LogP contribution >= 0.6 is 0 Å². The quantitative estimate of drug-likeness (QED) is 0.759. The molecular weight excluding hydrogens is 190 g/mol. The Kier molecular flexibility index (Phi) is 5.69. The van der Waals surface area contributed by atoms with Gasteiger partial charge in [-0.2, -0.15) is 0 Å². The van der Waals surface area contributed by atoms with E-state index in [-0.39, 0.29) is 11.9 Å². The lowest BCUT2D eigenvalue weighted by Gasteiger charge is -2.22. The molecule has 0 saturated heterocycles. The zero-order valence-electron chi connectivity index (χ0n) is 9.92. The van der Waals surface area contributed by atoms with Crippen molar-refractivity contribution in [2.75, 3.05) is 13.7 Å². The molecule has 0 radical (unpaired) electrons.